The van der Waals surface area contributed by atoms with Crippen LogP contribution >= 0.6 is 0 Å². The molecule has 1 aliphatic rings. The molecular weight excluding hydrogens is 364 g/mol. The average Bonchev–Trinajstić information content (AvgIpc) is 3.20. The fourth-order valence-corrected chi connectivity index (χ4v) is 4.67. The largest absolute Gasteiger partial charge is 0.353 e. The van der Waals surface area contributed by atoms with Gasteiger partial charge in [-0.05, 0) is 18.9 Å². The van der Waals surface area contributed by atoms with E-state index in [9.17, 15) is 0 Å². The van der Waals surface area contributed by atoms with E-state index in [4.69, 9.17) is 0 Å². The highest BCUT2D eigenvalue weighted by Gasteiger charge is 2.25. The van der Waals surface area contributed by atoms with Gasteiger partial charge >= 0.3 is 0 Å². The molecule has 0 bridgehead atoms. The van der Waals surface area contributed by atoms with Crippen molar-refractivity contribution >= 4 is 0 Å². The third kappa shape index (κ3) is 9.58. The summed E-state index contributed by atoms with van der Waals surface area (Å²) in [5.74, 6) is 0. The average molecular weight is 413 g/mol. The lowest BCUT2D eigenvalue weighted by Crippen LogP contribution is -2.31. The Bertz CT molecular complexity index is 539. The third-order valence-electron chi connectivity index (χ3n) is 6.56. The fourth-order valence-electron chi connectivity index (χ4n) is 4.67. The summed E-state index contributed by atoms with van der Waals surface area (Å²) in [6.07, 6.45) is 26.4. The van der Waals surface area contributed by atoms with E-state index in [0.717, 1.165) is 6.54 Å². The maximum Gasteiger partial charge on any atom is 0.127 e. The van der Waals surface area contributed by atoms with Gasteiger partial charge in [0.05, 0.1) is 0 Å². The molecule has 0 N–H and O–H groups in total. The Kier molecular flexibility index (Phi) is 13.5. The summed E-state index contributed by atoms with van der Waals surface area (Å²) < 4.78 is 0. The summed E-state index contributed by atoms with van der Waals surface area (Å²) in [7, 11) is 0. The summed E-state index contributed by atoms with van der Waals surface area (Å²) in [5.41, 5.74) is 1.41. The fraction of sp³-hybridized carbons (Fsp3) is 0.714. The molecule has 1 heterocycles. The van der Waals surface area contributed by atoms with E-state index in [2.05, 4.69) is 66.4 Å². The van der Waals surface area contributed by atoms with Gasteiger partial charge in [0.1, 0.15) is 6.17 Å². The normalized spacial score (nSPS) is 16.0. The zero-order valence-electron chi connectivity index (χ0n) is 20.0. The van der Waals surface area contributed by atoms with Crippen LogP contribution in [0.4, 0.5) is 0 Å². The molecule has 0 spiro atoms. The van der Waals surface area contributed by atoms with Gasteiger partial charge in [-0.25, -0.2) is 0 Å². The highest BCUT2D eigenvalue weighted by molar-refractivity contribution is 5.21. The minimum Gasteiger partial charge on any atom is -0.353 e. The predicted octanol–water partition coefficient (Wildman–Crippen LogP) is 8.67. The molecule has 0 radical (unpaired) electrons. The monoisotopic (exact) mass is 412 g/mol. The summed E-state index contributed by atoms with van der Waals surface area (Å²) in [6, 6.07) is 11.0. The van der Waals surface area contributed by atoms with Crippen molar-refractivity contribution in [3.05, 3.63) is 48.3 Å². The van der Waals surface area contributed by atoms with E-state index in [1.54, 1.807) is 0 Å². The Labute approximate surface area is 187 Å². The van der Waals surface area contributed by atoms with Crippen LogP contribution in [0.5, 0.6) is 0 Å². The maximum absolute atomic E-state index is 2.53. The summed E-state index contributed by atoms with van der Waals surface area (Å²) in [5, 5.41) is 0. The van der Waals surface area contributed by atoms with E-state index in [1.807, 2.05) is 0 Å². The zero-order valence-corrected chi connectivity index (χ0v) is 20.0. The number of rotatable bonds is 18. The van der Waals surface area contributed by atoms with Gasteiger partial charge in [-0.1, -0.05) is 127 Å². The first-order valence-electron chi connectivity index (χ1n) is 13.1. The molecule has 1 aliphatic heterocycles. The van der Waals surface area contributed by atoms with Crippen molar-refractivity contribution in [3.63, 3.8) is 0 Å². The van der Waals surface area contributed by atoms with Crippen LogP contribution in [0, 0.1) is 0 Å². The summed E-state index contributed by atoms with van der Waals surface area (Å²) >= 11 is 0. The lowest BCUT2D eigenvalue weighted by Gasteiger charge is -2.32. The van der Waals surface area contributed by atoms with Crippen LogP contribution in [-0.2, 0) is 0 Å². The third-order valence-corrected chi connectivity index (χ3v) is 6.56. The van der Waals surface area contributed by atoms with E-state index >= 15 is 0 Å². The van der Waals surface area contributed by atoms with Gasteiger partial charge < -0.3 is 9.80 Å². The highest BCUT2D eigenvalue weighted by Crippen LogP contribution is 2.30. The Morgan fingerprint density at radius 2 is 1.03 bits per heavy atom. The molecule has 1 unspecified atom stereocenters. The molecule has 2 nitrogen and oxygen atoms in total. The van der Waals surface area contributed by atoms with Gasteiger partial charge in [0.25, 0.3) is 0 Å². The molecule has 0 fully saturated rings. The van der Waals surface area contributed by atoms with Gasteiger partial charge in [0.15, 0.2) is 0 Å². The van der Waals surface area contributed by atoms with E-state index in [-0.39, 0.29) is 0 Å². The van der Waals surface area contributed by atoms with Crippen LogP contribution in [0.25, 0.3) is 0 Å². The van der Waals surface area contributed by atoms with Crippen LogP contribution in [0.3, 0.4) is 0 Å². The Morgan fingerprint density at radius 1 is 0.567 bits per heavy atom. The number of nitrogens with zero attached hydrogens (tertiary/aromatic N) is 2. The van der Waals surface area contributed by atoms with Gasteiger partial charge in [0.2, 0.25) is 0 Å². The number of unbranched alkanes of at least 4 members (excludes halogenated alkanes) is 14. The van der Waals surface area contributed by atoms with Gasteiger partial charge in [-0.3, -0.25) is 0 Å². The molecular formula is C28H48N2. The van der Waals surface area contributed by atoms with Crippen LogP contribution in [0.2, 0.25) is 0 Å². The summed E-state index contributed by atoms with van der Waals surface area (Å²) in [4.78, 5) is 4.97. The van der Waals surface area contributed by atoms with E-state index < -0.39 is 0 Å². The van der Waals surface area contributed by atoms with Crippen LogP contribution in [0.1, 0.15) is 122 Å². The SMILES string of the molecule is CCCCCCCCCCCCCCCCCN1C=CN(CC)C1c1ccccc1. The lowest BCUT2D eigenvalue weighted by atomic mass is 10.0. The number of hydrogen-bond acceptors (Lipinski definition) is 2. The molecule has 170 valence electrons. The Morgan fingerprint density at radius 3 is 1.53 bits per heavy atom. The molecule has 1 atom stereocenters. The molecule has 2 rings (SSSR count). The second-order valence-electron chi connectivity index (χ2n) is 9.10. The Balaban J connectivity index is 1.45. The molecule has 0 aliphatic carbocycles. The first-order chi connectivity index (χ1) is 14.9. The molecule has 0 saturated heterocycles. The van der Waals surface area contributed by atoms with Crippen molar-refractivity contribution in [2.45, 2.75) is 116 Å². The van der Waals surface area contributed by atoms with Crippen molar-refractivity contribution in [1.82, 2.24) is 9.80 Å². The standard InChI is InChI=1S/C28H48N2/c1-3-5-6-7-8-9-10-11-12-13-14-15-16-17-21-24-30-26-25-29(4-2)28(30)27-22-19-18-20-23-27/h18-20,22-23,25-26,28H,3-17,21,24H2,1-2H3. The number of hydrogen-bond donors (Lipinski definition) is 0. The zero-order chi connectivity index (χ0) is 21.3. The lowest BCUT2D eigenvalue weighted by molar-refractivity contribution is 0.157. The molecule has 1 aromatic carbocycles. The molecule has 0 amide bonds. The van der Waals surface area contributed by atoms with Crippen molar-refractivity contribution < 1.29 is 0 Å². The second-order valence-corrected chi connectivity index (χ2v) is 9.10. The van der Waals surface area contributed by atoms with Gasteiger partial charge in [-0.2, -0.15) is 0 Å². The first kappa shape index (κ1) is 24.8. The highest BCUT2D eigenvalue weighted by atomic mass is 15.4. The molecule has 30 heavy (non-hydrogen) atoms. The van der Waals surface area contributed by atoms with Crippen molar-refractivity contribution in [2.24, 2.45) is 0 Å². The summed E-state index contributed by atoms with van der Waals surface area (Å²) in [6.45, 7) is 6.78. The molecule has 0 saturated carbocycles. The first-order valence-corrected chi connectivity index (χ1v) is 13.1. The van der Waals surface area contributed by atoms with E-state index in [0.29, 0.717) is 6.17 Å². The predicted molar refractivity (Wildman–Crippen MR) is 132 cm³/mol. The van der Waals surface area contributed by atoms with E-state index in [1.165, 1.54) is 108 Å². The maximum atomic E-state index is 2.53. The second kappa shape index (κ2) is 16.3. The van der Waals surface area contributed by atoms with Gasteiger partial charge in [-0.15, -0.1) is 0 Å². The van der Waals surface area contributed by atoms with Crippen LogP contribution in [-0.4, -0.2) is 22.9 Å². The van der Waals surface area contributed by atoms with Crippen molar-refractivity contribution in [1.29, 1.82) is 0 Å². The number of benzene rings is 1. The van der Waals surface area contributed by atoms with Crippen LogP contribution in [0.15, 0.2) is 42.7 Å². The van der Waals surface area contributed by atoms with Crippen molar-refractivity contribution in [3.8, 4) is 0 Å². The molecule has 2 heteroatoms. The molecule has 0 aromatic heterocycles. The van der Waals surface area contributed by atoms with Crippen LogP contribution < -0.4 is 0 Å². The Hall–Kier alpha value is -1.44. The van der Waals surface area contributed by atoms with Crippen molar-refractivity contribution in [2.75, 3.05) is 13.1 Å². The molecule has 1 aromatic rings. The van der Waals surface area contributed by atoms with Gasteiger partial charge in [0, 0.05) is 25.5 Å². The minimum absolute atomic E-state index is 0.392. The smallest absolute Gasteiger partial charge is 0.127 e. The minimum atomic E-state index is 0.392. The quantitative estimate of drug-likeness (QED) is 0.222. The topological polar surface area (TPSA) is 6.48 Å².